The lowest BCUT2D eigenvalue weighted by molar-refractivity contribution is -0.138. The minimum Gasteiger partial charge on any atom is -0.460 e. The maximum absolute atomic E-state index is 10.7. The first kappa shape index (κ1) is 10.0. The highest BCUT2D eigenvalue weighted by Gasteiger charge is 2.00. The molecule has 11 heavy (non-hydrogen) atoms. The third-order valence-corrected chi connectivity index (χ3v) is 0.978. The predicted octanol–water partition coefficient (Wildman–Crippen LogP) is 1.21. The Morgan fingerprint density at radius 2 is 2.45 bits per heavy atom. The van der Waals surface area contributed by atoms with Crippen LogP contribution in [-0.4, -0.2) is 24.3 Å². The van der Waals surface area contributed by atoms with Crippen LogP contribution in [0.1, 0.15) is 6.92 Å². The van der Waals surface area contributed by atoms with Crippen LogP contribution >= 0.6 is 12.2 Å². The monoisotopic (exact) mass is 171 g/mol. The topological polar surface area (TPSA) is 38.7 Å². The van der Waals surface area contributed by atoms with Crippen LogP contribution in [-0.2, 0) is 9.53 Å². The van der Waals surface area contributed by atoms with Gasteiger partial charge in [0.05, 0.1) is 11.7 Å². The summed E-state index contributed by atoms with van der Waals surface area (Å²) in [6.45, 7) is 5.60. The zero-order chi connectivity index (χ0) is 8.69. The molecule has 0 heterocycles. The molecule has 0 atom stereocenters. The summed E-state index contributed by atoms with van der Waals surface area (Å²) in [6, 6.07) is 0. The van der Waals surface area contributed by atoms with Crippen molar-refractivity contribution in [3.63, 3.8) is 0 Å². The summed E-state index contributed by atoms with van der Waals surface area (Å²) >= 11 is 4.31. The Morgan fingerprint density at radius 1 is 1.82 bits per heavy atom. The zero-order valence-electron chi connectivity index (χ0n) is 6.29. The van der Waals surface area contributed by atoms with Gasteiger partial charge in [-0.15, -0.1) is 0 Å². The molecule has 60 valence electrons. The van der Waals surface area contributed by atoms with Crippen molar-refractivity contribution in [1.82, 2.24) is 0 Å². The van der Waals surface area contributed by atoms with Crippen molar-refractivity contribution < 1.29 is 9.53 Å². The number of aliphatic imine (C=N–C) groups is 1. The third kappa shape index (κ3) is 5.45. The molecule has 0 aromatic heterocycles. The normalized spacial score (nSPS) is 8.09. The first-order chi connectivity index (χ1) is 5.18. The fraction of sp³-hybridized carbons (Fsp3) is 0.429. The van der Waals surface area contributed by atoms with Crippen molar-refractivity contribution in [2.45, 2.75) is 6.92 Å². The summed E-state index contributed by atoms with van der Waals surface area (Å²) in [7, 11) is 0. The quantitative estimate of drug-likeness (QED) is 0.210. The zero-order valence-corrected chi connectivity index (χ0v) is 7.11. The fourth-order valence-corrected chi connectivity index (χ4v) is 0.444. The average molecular weight is 171 g/mol. The van der Waals surface area contributed by atoms with Gasteiger partial charge in [-0.1, -0.05) is 6.58 Å². The Kier molecular flexibility index (Phi) is 5.25. The van der Waals surface area contributed by atoms with Crippen molar-refractivity contribution in [1.29, 1.82) is 0 Å². The molecule has 3 nitrogen and oxygen atoms in total. The number of isothiocyanates is 1. The van der Waals surface area contributed by atoms with Crippen LogP contribution in [0.25, 0.3) is 0 Å². The number of nitrogens with zero attached hydrogens (tertiary/aromatic N) is 1. The van der Waals surface area contributed by atoms with E-state index >= 15 is 0 Å². The molecular weight excluding hydrogens is 162 g/mol. The van der Waals surface area contributed by atoms with Crippen LogP contribution in [0.2, 0.25) is 0 Å². The van der Waals surface area contributed by atoms with Crippen molar-refractivity contribution in [2.75, 3.05) is 13.2 Å². The molecule has 0 rings (SSSR count). The van der Waals surface area contributed by atoms with Gasteiger partial charge in [0.25, 0.3) is 0 Å². The van der Waals surface area contributed by atoms with E-state index in [1.54, 1.807) is 6.92 Å². The highest BCUT2D eigenvalue weighted by Crippen LogP contribution is 1.90. The van der Waals surface area contributed by atoms with Gasteiger partial charge < -0.3 is 4.74 Å². The molecule has 4 heteroatoms. The molecule has 0 bridgehead atoms. The summed E-state index contributed by atoms with van der Waals surface area (Å²) < 4.78 is 4.69. The number of thiocarbonyl (C=S) groups is 1. The molecule has 0 aromatic rings. The molecule has 0 aliphatic carbocycles. The van der Waals surface area contributed by atoms with Gasteiger partial charge in [0, 0.05) is 5.57 Å². The van der Waals surface area contributed by atoms with Crippen LogP contribution in [0.3, 0.4) is 0 Å². The number of hydrogen-bond acceptors (Lipinski definition) is 4. The van der Waals surface area contributed by atoms with Crippen molar-refractivity contribution >= 4 is 23.3 Å². The summed E-state index contributed by atoms with van der Waals surface area (Å²) in [5.41, 5.74) is 0.385. The molecule has 0 saturated heterocycles. The van der Waals surface area contributed by atoms with Gasteiger partial charge in [0.2, 0.25) is 0 Å². The minimum absolute atomic E-state index is 0.231. The van der Waals surface area contributed by atoms with Crippen molar-refractivity contribution in [3.05, 3.63) is 12.2 Å². The van der Waals surface area contributed by atoms with E-state index in [0.717, 1.165) is 0 Å². The number of carbonyl (C=O) groups excluding carboxylic acids is 1. The van der Waals surface area contributed by atoms with Gasteiger partial charge in [-0.25, -0.2) is 9.79 Å². The number of carbonyl (C=O) groups is 1. The minimum atomic E-state index is -0.399. The van der Waals surface area contributed by atoms with E-state index in [4.69, 9.17) is 0 Å². The molecule has 0 aliphatic rings. The lowest BCUT2D eigenvalue weighted by Crippen LogP contribution is -2.07. The van der Waals surface area contributed by atoms with Crippen LogP contribution < -0.4 is 0 Å². The first-order valence-electron chi connectivity index (χ1n) is 3.04. The lowest BCUT2D eigenvalue weighted by atomic mass is 10.4. The molecular formula is C7H9NO2S. The number of hydrogen-bond donors (Lipinski definition) is 0. The number of rotatable bonds is 4. The van der Waals surface area contributed by atoms with E-state index in [0.29, 0.717) is 12.1 Å². The van der Waals surface area contributed by atoms with Gasteiger partial charge in [-0.05, 0) is 19.1 Å². The largest absolute Gasteiger partial charge is 0.460 e. The van der Waals surface area contributed by atoms with Crippen molar-refractivity contribution in [2.24, 2.45) is 4.99 Å². The highest BCUT2D eigenvalue weighted by molar-refractivity contribution is 7.78. The number of ether oxygens (including phenoxy) is 1. The summed E-state index contributed by atoms with van der Waals surface area (Å²) in [5.74, 6) is -0.399. The molecule has 0 saturated carbocycles. The summed E-state index contributed by atoms with van der Waals surface area (Å²) in [4.78, 5) is 14.3. The van der Waals surface area contributed by atoms with E-state index in [-0.39, 0.29) is 6.61 Å². The molecule has 0 aliphatic heterocycles. The van der Waals surface area contributed by atoms with E-state index in [1.807, 2.05) is 0 Å². The Labute approximate surface area is 70.8 Å². The Morgan fingerprint density at radius 3 is 2.91 bits per heavy atom. The van der Waals surface area contributed by atoms with Crippen LogP contribution in [0.5, 0.6) is 0 Å². The van der Waals surface area contributed by atoms with Gasteiger partial charge in [-0.2, -0.15) is 0 Å². The third-order valence-electron chi connectivity index (χ3n) is 0.849. The second kappa shape index (κ2) is 5.77. The molecule has 0 spiro atoms. The molecule has 0 unspecified atom stereocenters. The van der Waals surface area contributed by atoms with Gasteiger partial charge in [0.1, 0.15) is 6.61 Å². The van der Waals surface area contributed by atoms with E-state index in [9.17, 15) is 4.79 Å². The van der Waals surface area contributed by atoms with Crippen molar-refractivity contribution in [3.8, 4) is 0 Å². The Bertz CT molecular complexity index is 206. The van der Waals surface area contributed by atoms with Crippen LogP contribution in [0, 0.1) is 0 Å². The van der Waals surface area contributed by atoms with E-state index in [2.05, 4.69) is 33.7 Å². The van der Waals surface area contributed by atoms with Crippen LogP contribution in [0.15, 0.2) is 17.1 Å². The van der Waals surface area contributed by atoms with Gasteiger partial charge in [0.15, 0.2) is 0 Å². The number of esters is 1. The maximum atomic E-state index is 10.7. The molecule has 0 fully saturated rings. The van der Waals surface area contributed by atoms with Gasteiger partial charge in [-0.3, -0.25) is 0 Å². The predicted molar refractivity (Wildman–Crippen MR) is 45.7 cm³/mol. The van der Waals surface area contributed by atoms with E-state index in [1.165, 1.54) is 0 Å². The molecule has 0 aromatic carbocycles. The SMILES string of the molecule is C=C(C)C(=O)OCCN=C=S. The van der Waals surface area contributed by atoms with Crippen LogP contribution in [0.4, 0.5) is 0 Å². The molecule has 0 radical (unpaired) electrons. The van der Waals surface area contributed by atoms with Gasteiger partial charge >= 0.3 is 5.97 Å². The lowest BCUT2D eigenvalue weighted by Gasteiger charge is -1.99. The Hall–Kier alpha value is -0.990. The Balaban J connectivity index is 3.47. The maximum Gasteiger partial charge on any atom is 0.333 e. The second-order valence-electron chi connectivity index (χ2n) is 1.89. The second-order valence-corrected chi connectivity index (χ2v) is 2.07. The average Bonchev–Trinajstić information content (AvgIpc) is 1.97. The smallest absolute Gasteiger partial charge is 0.333 e. The standard InChI is InChI=1S/C7H9NO2S/c1-6(2)7(9)10-4-3-8-5-11/h1,3-4H2,2H3. The summed E-state index contributed by atoms with van der Waals surface area (Å²) in [5, 5.41) is 2.17. The highest BCUT2D eigenvalue weighted by atomic mass is 32.1. The fourth-order valence-electron chi connectivity index (χ4n) is 0.353. The first-order valence-corrected chi connectivity index (χ1v) is 3.45. The molecule has 0 N–H and O–H groups in total. The summed E-state index contributed by atoms with van der Waals surface area (Å²) in [6.07, 6.45) is 0. The molecule has 0 amide bonds. The van der Waals surface area contributed by atoms with E-state index < -0.39 is 5.97 Å².